The largest absolute Gasteiger partial charge is 0.324 e. The molecule has 0 bridgehead atoms. The molecule has 1 aromatic carbocycles. The van der Waals surface area contributed by atoms with Gasteiger partial charge in [-0.05, 0) is 49.6 Å². The standard InChI is InChI=1S/C15H17FN2/c1-10-3-8-14(11(2)18-10)15(17)9-12-4-6-13(16)7-5-12/h3-8,15H,9,17H2,1-2H3. The van der Waals surface area contributed by atoms with Gasteiger partial charge in [0.25, 0.3) is 0 Å². The van der Waals surface area contributed by atoms with Crippen LogP contribution in [-0.4, -0.2) is 4.98 Å². The minimum Gasteiger partial charge on any atom is -0.324 e. The summed E-state index contributed by atoms with van der Waals surface area (Å²) in [7, 11) is 0. The fourth-order valence-corrected chi connectivity index (χ4v) is 2.07. The maximum absolute atomic E-state index is 12.8. The number of aromatic nitrogens is 1. The zero-order chi connectivity index (χ0) is 13.1. The first kappa shape index (κ1) is 12.7. The number of nitrogens with zero attached hydrogens (tertiary/aromatic N) is 1. The molecule has 0 fully saturated rings. The zero-order valence-electron chi connectivity index (χ0n) is 10.7. The first-order valence-electron chi connectivity index (χ1n) is 6.00. The van der Waals surface area contributed by atoms with Crippen molar-refractivity contribution in [3.8, 4) is 0 Å². The van der Waals surface area contributed by atoms with E-state index in [4.69, 9.17) is 5.73 Å². The molecule has 0 aliphatic rings. The van der Waals surface area contributed by atoms with Gasteiger partial charge in [0.2, 0.25) is 0 Å². The van der Waals surface area contributed by atoms with Crippen LogP contribution in [0.2, 0.25) is 0 Å². The molecule has 1 atom stereocenters. The van der Waals surface area contributed by atoms with Gasteiger partial charge in [-0.15, -0.1) is 0 Å². The molecule has 0 amide bonds. The van der Waals surface area contributed by atoms with Gasteiger partial charge in [0, 0.05) is 17.4 Å². The summed E-state index contributed by atoms with van der Waals surface area (Å²) in [5, 5.41) is 0. The third-order valence-electron chi connectivity index (χ3n) is 3.03. The van der Waals surface area contributed by atoms with Crippen molar-refractivity contribution in [2.75, 3.05) is 0 Å². The highest BCUT2D eigenvalue weighted by molar-refractivity contribution is 5.27. The topological polar surface area (TPSA) is 38.9 Å². The number of aryl methyl sites for hydroxylation is 2. The summed E-state index contributed by atoms with van der Waals surface area (Å²) in [6.07, 6.45) is 0.686. The lowest BCUT2D eigenvalue weighted by molar-refractivity contribution is 0.625. The molecule has 1 unspecified atom stereocenters. The number of pyridine rings is 1. The number of halogens is 1. The zero-order valence-corrected chi connectivity index (χ0v) is 10.7. The highest BCUT2D eigenvalue weighted by Crippen LogP contribution is 2.19. The second kappa shape index (κ2) is 5.27. The molecule has 3 heteroatoms. The molecule has 0 saturated heterocycles. The highest BCUT2D eigenvalue weighted by atomic mass is 19.1. The van der Waals surface area contributed by atoms with E-state index >= 15 is 0 Å². The Morgan fingerprint density at radius 2 is 1.78 bits per heavy atom. The summed E-state index contributed by atoms with van der Waals surface area (Å²) in [6.45, 7) is 3.93. The van der Waals surface area contributed by atoms with Crippen LogP contribution >= 0.6 is 0 Å². The maximum atomic E-state index is 12.8. The number of rotatable bonds is 3. The Morgan fingerprint density at radius 1 is 1.11 bits per heavy atom. The summed E-state index contributed by atoms with van der Waals surface area (Å²) in [5.74, 6) is -0.222. The molecule has 1 heterocycles. The Morgan fingerprint density at radius 3 is 2.39 bits per heavy atom. The first-order chi connectivity index (χ1) is 8.56. The maximum Gasteiger partial charge on any atom is 0.123 e. The molecular formula is C15H17FN2. The van der Waals surface area contributed by atoms with Crippen molar-refractivity contribution in [3.05, 3.63) is 64.7 Å². The van der Waals surface area contributed by atoms with Crippen LogP contribution in [0.15, 0.2) is 36.4 Å². The Labute approximate surface area is 107 Å². The first-order valence-corrected chi connectivity index (χ1v) is 6.00. The SMILES string of the molecule is Cc1ccc(C(N)Cc2ccc(F)cc2)c(C)n1. The molecule has 94 valence electrons. The fourth-order valence-electron chi connectivity index (χ4n) is 2.07. The molecular weight excluding hydrogens is 227 g/mol. The Balaban J connectivity index is 2.16. The minimum absolute atomic E-state index is 0.108. The molecule has 1 aromatic heterocycles. The van der Waals surface area contributed by atoms with Crippen LogP contribution in [0.1, 0.15) is 28.6 Å². The van der Waals surface area contributed by atoms with E-state index in [-0.39, 0.29) is 11.9 Å². The molecule has 2 aromatic rings. The predicted octanol–water partition coefficient (Wildman–Crippen LogP) is 3.08. The van der Waals surface area contributed by atoms with E-state index in [1.54, 1.807) is 12.1 Å². The Bertz CT molecular complexity index is 535. The van der Waals surface area contributed by atoms with Gasteiger partial charge in [-0.25, -0.2) is 4.39 Å². The van der Waals surface area contributed by atoms with E-state index in [0.717, 1.165) is 22.5 Å². The number of hydrogen-bond donors (Lipinski definition) is 1. The molecule has 0 saturated carbocycles. The second-order valence-corrected chi connectivity index (χ2v) is 4.56. The molecule has 0 aliphatic carbocycles. The van der Waals surface area contributed by atoms with Gasteiger partial charge in [0.15, 0.2) is 0 Å². The van der Waals surface area contributed by atoms with Gasteiger partial charge in [0.05, 0.1) is 0 Å². The molecule has 2 rings (SSSR count). The van der Waals surface area contributed by atoms with Gasteiger partial charge in [-0.1, -0.05) is 18.2 Å². The van der Waals surface area contributed by atoms with Crippen molar-refractivity contribution in [1.29, 1.82) is 0 Å². The third kappa shape index (κ3) is 2.93. The summed E-state index contributed by atoms with van der Waals surface area (Å²) >= 11 is 0. The fraction of sp³-hybridized carbons (Fsp3) is 0.267. The summed E-state index contributed by atoms with van der Waals surface area (Å²) in [4.78, 5) is 4.41. The van der Waals surface area contributed by atoms with Crippen molar-refractivity contribution >= 4 is 0 Å². The van der Waals surface area contributed by atoms with Gasteiger partial charge in [-0.2, -0.15) is 0 Å². The molecule has 0 radical (unpaired) electrons. The van der Waals surface area contributed by atoms with Crippen molar-refractivity contribution in [1.82, 2.24) is 4.98 Å². The van der Waals surface area contributed by atoms with Crippen molar-refractivity contribution in [2.24, 2.45) is 5.73 Å². The molecule has 2 nitrogen and oxygen atoms in total. The van der Waals surface area contributed by atoms with Crippen molar-refractivity contribution < 1.29 is 4.39 Å². The Hall–Kier alpha value is -1.74. The van der Waals surface area contributed by atoms with Gasteiger partial charge in [-0.3, -0.25) is 4.98 Å². The smallest absolute Gasteiger partial charge is 0.123 e. The van der Waals surface area contributed by atoms with Crippen LogP contribution < -0.4 is 5.73 Å². The molecule has 2 N–H and O–H groups in total. The van der Waals surface area contributed by atoms with Crippen LogP contribution in [-0.2, 0) is 6.42 Å². The molecule has 18 heavy (non-hydrogen) atoms. The van der Waals surface area contributed by atoms with Crippen molar-refractivity contribution in [3.63, 3.8) is 0 Å². The summed E-state index contributed by atoms with van der Waals surface area (Å²) in [5.41, 5.74) is 10.2. The number of benzene rings is 1. The van der Waals surface area contributed by atoms with Crippen LogP contribution in [0.4, 0.5) is 4.39 Å². The molecule has 0 aliphatic heterocycles. The monoisotopic (exact) mass is 244 g/mol. The average Bonchev–Trinajstić information content (AvgIpc) is 2.32. The van der Waals surface area contributed by atoms with E-state index in [2.05, 4.69) is 4.98 Å². The van der Waals surface area contributed by atoms with E-state index in [1.807, 2.05) is 26.0 Å². The number of hydrogen-bond acceptors (Lipinski definition) is 2. The van der Waals surface area contributed by atoms with Crippen molar-refractivity contribution in [2.45, 2.75) is 26.3 Å². The van der Waals surface area contributed by atoms with Gasteiger partial charge < -0.3 is 5.73 Å². The lowest BCUT2D eigenvalue weighted by atomic mass is 9.98. The third-order valence-corrected chi connectivity index (χ3v) is 3.03. The van der Waals surface area contributed by atoms with Crippen LogP contribution in [0.3, 0.4) is 0 Å². The predicted molar refractivity (Wildman–Crippen MR) is 70.7 cm³/mol. The quantitative estimate of drug-likeness (QED) is 0.901. The van der Waals surface area contributed by atoms with E-state index < -0.39 is 0 Å². The summed E-state index contributed by atoms with van der Waals surface area (Å²) in [6, 6.07) is 10.3. The average molecular weight is 244 g/mol. The Kier molecular flexibility index (Phi) is 3.72. The van der Waals surface area contributed by atoms with E-state index in [9.17, 15) is 4.39 Å². The summed E-state index contributed by atoms with van der Waals surface area (Å²) < 4.78 is 12.8. The normalized spacial score (nSPS) is 12.4. The van der Waals surface area contributed by atoms with Gasteiger partial charge in [0.1, 0.15) is 5.82 Å². The van der Waals surface area contributed by atoms with E-state index in [0.29, 0.717) is 6.42 Å². The lowest BCUT2D eigenvalue weighted by Gasteiger charge is -2.14. The van der Waals surface area contributed by atoms with Crippen LogP contribution in [0.5, 0.6) is 0 Å². The van der Waals surface area contributed by atoms with Crippen LogP contribution in [0, 0.1) is 19.7 Å². The minimum atomic E-state index is -0.222. The lowest BCUT2D eigenvalue weighted by Crippen LogP contribution is -2.15. The van der Waals surface area contributed by atoms with E-state index in [1.165, 1.54) is 12.1 Å². The second-order valence-electron chi connectivity index (χ2n) is 4.56. The highest BCUT2D eigenvalue weighted by Gasteiger charge is 2.10. The van der Waals surface area contributed by atoms with Crippen LogP contribution in [0.25, 0.3) is 0 Å². The van der Waals surface area contributed by atoms with Gasteiger partial charge >= 0.3 is 0 Å². The number of nitrogens with two attached hydrogens (primary N) is 1. The molecule has 0 spiro atoms.